The van der Waals surface area contributed by atoms with Crippen LogP contribution in [0.4, 0.5) is 0 Å². The van der Waals surface area contributed by atoms with Gasteiger partial charge in [-0.15, -0.1) is 0 Å². The molecule has 0 aliphatic carbocycles. The topological polar surface area (TPSA) is 32.7 Å². The fourth-order valence-electron chi connectivity index (χ4n) is 2.68. The largest absolute Gasteiger partial charge is 0.396 e. The van der Waals surface area contributed by atoms with E-state index in [1.165, 1.54) is 5.56 Å². The number of rotatable bonds is 5. The number of aliphatic hydroxyl groups excluding tert-OH is 1. The Kier molecular flexibility index (Phi) is 4.75. The van der Waals surface area contributed by atoms with Crippen molar-refractivity contribution in [2.24, 2.45) is 5.41 Å². The molecule has 0 spiro atoms. The van der Waals surface area contributed by atoms with E-state index in [2.05, 4.69) is 35.2 Å². The van der Waals surface area contributed by atoms with Gasteiger partial charge < -0.3 is 9.84 Å². The van der Waals surface area contributed by atoms with Gasteiger partial charge in [-0.1, -0.05) is 30.3 Å². The van der Waals surface area contributed by atoms with E-state index < -0.39 is 0 Å². The molecule has 0 unspecified atom stereocenters. The molecule has 0 aromatic heterocycles. The number of ether oxygens (including phenoxy) is 1. The van der Waals surface area contributed by atoms with Crippen LogP contribution in [0.3, 0.4) is 0 Å². The zero-order valence-electron chi connectivity index (χ0n) is 11.1. The minimum atomic E-state index is -0.0120. The van der Waals surface area contributed by atoms with Crippen molar-refractivity contribution in [1.82, 2.24) is 4.90 Å². The predicted octanol–water partition coefficient (Wildman–Crippen LogP) is 1.91. The maximum Gasteiger partial charge on any atom is 0.0541 e. The highest BCUT2D eigenvalue weighted by Gasteiger charge is 2.33. The molecule has 1 fully saturated rings. The standard InChI is InChI=1S/C15H23NO2/c1-18-13-15(12-17)7-9-16(10-8-15)11-14-5-3-2-4-6-14/h2-6,17H,7-13H2,1H3. The van der Waals surface area contributed by atoms with E-state index in [1.54, 1.807) is 7.11 Å². The Balaban J connectivity index is 1.86. The first-order chi connectivity index (χ1) is 8.78. The second-order valence-electron chi connectivity index (χ2n) is 5.35. The van der Waals surface area contributed by atoms with Crippen LogP contribution in [-0.4, -0.2) is 43.4 Å². The van der Waals surface area contributed by atoms with Gasteiger partial charge >= 0.3 is 0 Å². The summed E-state index contributed by atoms with van der Waals surface area (Å²) in [7, 11) is 1.72. The number of hydrogen-bond donors (Lipinski definition) is 1. The molecule has 1 aliphatic heterocycles. The molecule has 0 saturated carbocycles. The Labute approximate surface area is 109 Å². The van der Waals surface area contributed by atoms with Gasteiger partial charge in [0.25, 0.3) is 0 Å². The monoisotopic (exact) mass is 249 g/mol. The van der Waals surface area contributed by atoms with Gasteiger partial charge in [-0.05, 0) is 31.5 Å². The highest BCUT2D eigenvalue weighted by Crippen LogP contribution is 2.31. The van der Waals surface area contributed by atoms with E-state index in [4.69, 9.17) is 4.74 Å². The van der Waals surface area contributed by atoms with Crippen LogP contribution in [0, 0.1) is 5.41 Å². The molecule has 1 saturated heterocycles. The summed E-state index contributed by atoms with van der Waals surface area (Å²) >= 11 is 0. The minimum Gasteiger partial charge on any atom is -0.396 e. The van der Waals surface area contributed by atoms with Crippen molar-refractivity contribution >= 4 is 0 Å². The van der Waals surface area contributed by atoms with E-state index >= 15 is 0 Å². The summed E-state index contributed by atoms with van der Waals surface area (Å²) in [5.41, 5.74) is 1.35. The Morgan fingerprint density at radius 1 is 1.22 bits per heavy atom. The van der Waals surface area contributed by atoms with Gasteiger partial charge in [0, 0.05) is 19.1 Å². The second-order valence-corrected chi connectivity index (χ2v) is 5.35. The lowest BCUT2D eigenvalue weighted by molar-refractivity contribution is -0.0189. The summed E-state index contributed by atoms with van der Waals surface area (Å²) in [6.07, 6.45) is 2.04. The van der Waals surface area contributed by atoms with Crippen molar-refractivity contribution < 1.29 is 9.84 Å². The quantitative estimate of drug-likeness (QED) is 0.865. The molecule has 1 aromatic carbocycles. The third-order valence-electron chi connectivity index (χ3n) is 3.95. The van der Waals surface area contributed by atoms with Crippen LogP contribution in [0.2, 0.25) is 0 Å². The maximum absolute atomic E-state index is 9.55. The molecule has 1 N–H and O–H groups in total. The van der Waals surface area contributed by atoms with Gasteiger partial charge in [0.05, 0.1) is 13.2 Å². The van der Waals surface area contributed by atoms with Crippen molar-refractivity contribution in [3.63, 3.8) is 0 Å². The first kappa shape index (κ1) is 13.5. The lowest BCUT2D eigenvalue weighted by Crippen LogP contribution is -2.44. The van der Waals surface area contributed by atoms with E-state index in [0.29, 0.717) is 6.61 Å². The van der Waals surface area contributed by atoms with Gasteiger partial charge in [0.2, 0.25) is 0 Å². The third kappa shape index (κ3) is 3.31. The first-order valence-electron chi connectivity index (χ1n) is 6.64. The fourth-order valence-corrected chi connectivity index (χ4v) is 2.68. The van der Waals surface area contributed by atoms with Crippen LogP contribution in [0.25, 0.3) is 0 Å². The Hall–Kier alpha value is -0.900. The Morgan fingerprint density at radius 3 is 2.44 bits per heavy atom. The van der Waals surface area contributed by atoms with Crippen LogP contribution in [0.5, 0.6) is 0 Å². The molecule has 0 bridgehead atoms. The fraction of sp³-hybridized carbons (Fsp3) is 0.600. The third-order valence-corrected chi connectivity index (χ3v) is 3.95. The molecule has 0 amide bonds. The highest BCUT2D eigenvalue weighted by atomic mass is 16.5. The summed E-state index contributed by atoms with van der Waals surface area (Å²) in [4.78, 5) is 2.46. The average molecular weight is 249 g/mol. The summed E-state index contributed by atoms with van der Waals surface area (Å²) in [6.45, 7) is 4.00. The molecule has 3 heteroatoms. The zero-order chi connectivity index (χ0) is 12.8. The molecular formula is C15H23NO2. The van der Waals surface area contributed by atoms with E-state index in [0.717, 1.165) is 32.5 Å². The normalized spacial score (nSPS) is 19.9. The molecule has 0 radical (unpaired) electrons. The van der Waals surface area contributed by atoms with Gasteiger partial charge in [0.15, 0.2) is 0 Å². The molecule has 1 aliphatic rings. The maximum atomic E-state index is 9.55. The van der Waals surface area contributed by atoms with Gasteiger partial charge in [0.1, 0.15) is 0 Å². The molecule has 1 heterocycles. The van der Waals surface area contributed by atoms with Crippen molar-refractivity contribution in [2.75, 3.05) is 33.4 Å². The smallest absolute Gasteiger partial charge is 0.0541 e. The lowest BCUT2D eigenvalue weighted by Gasteiger charge is -2.40. The predicted molar refractivity (Wildman–Crippen MR) is 72.3 cm³/mol. The number of aliphatic hydroxyl groups is 1. The van der Waals surface area contributed by atoms with E-state index in [9.17, 15) is 5.11 Å². The van der Waals surface area contributed by atoms with Crippen LogP contribution in [0.15, 0.2) is 30.3 Å². The summed E-state index contributed by atoms with van der Waals surface area (Å²) in [6, 6.07) is 10.6. The first-order valence-corrected chi connectivity index (χ1v) is 6.64. The lowest BCUT2D eigenvalue weighted by atomic mass is 9.80. The molecule has 3 nitrogen and oxygen atoms in total. The van der Waals surface area contributed by atoms with Crippen molar-refractivity contribution in [3.8, 4) is 0 Å². The van der Waals surface area contributed by atoms with Crippen molar-refractivity contribution in [1.29, 1.82) is 0 Å². The van der Waals surface area contributed by atoms with Gasteiger partial charge in [-0.3, -0.25) is 4.90 Å². The number of piperidine rings is 1. The molecule has 18 heavy (non-hydrogen) atoms. The van der Waals surface area contributed by atoms with Crippen LogP contribution in [-0.2, 0) is 11.3 Å². The van der Waals surface area contributed by atoms with E-state index in [-0.39, 0.29) is 12.0 Å². The summed E-state index contributed by atoms with van der Waals surface area (Å²) < 4.78 is 5.25. The van der Waals surface area contributed by atoms with Gasteiger partial charge in [-0.2, -0.15) is 0 Å². The molecular weight excluding hydrogens is 226 g/mol. The number of likely N-dealkylation sites (tertiary alicyclic amines) is 1. The van der Waals surface area contributed by atoms with Crippen molar-refractivity contribution in [3.05, 3.63) is 35.9 Å². The molecule has 100 valence electrons. The van der Waals surface area contributed by atoms with Crippen LogP contribution < -0.4 is 0 Å². The van der Waals surface area contributed by atoms with Crippen LogP contribution in [0.1, 0.15) is 18.4 Å². The average Bonchev–Trinajstić information content (AvgIpc) is 2.43. The van der Waals surface area contributed by atoms with Crippen LogP contribution >= 0.6 is 0 Å². The summed E-state index contributed by atoms with van der Waals surface area (Å²) in [5, 5.41) is 9.55. The number of hydrogen-bond acceptors (Lipinski definition) is 3. The Bertz CT molecular complexity index is 345. The zero-order valence-corrected chi connectivity index (χ0v) is 11.1. The number of benzene rings is 1. The number of methoxy groups -OCH3 is 1. The summed E-state index contributed by atoms with van der Waals surface area (Å²) in [5.74, 6) is 0. The van der Waals surface area contributed by atoms with Crippen molar-refractivity contribution in [2.45, 2.75) is 19.4 Å². The molecule has 2 rings (SSSR count). The molecule has 1 aromatic rings. The minimum absolute atomic E-state index is 0.0120. The number of nitrogens with zero attached hydrogens (tertiary/aromatic N) is 1. The highest BCUT2D eigenvalue weighted by molar-refractivity contribution is 5.14. The van der Waals surface area contributed by atoms with Gasteiger partial charge in [-0.25, -0.2) is 0 Å². The molecule has 0 atom stereocenters. The Morgan fingerprint density at radius 2 is 1.89 bits per heavy atom. The second kappa shape index (κ2) is 6.32. The van der Waals surface area contributed by atoms with E-state index in [1.807, 2.05) is 0 Å². The SMILES string of the molecule is COCC1(CO)CCN(Cc2ccccc2)CC1.